The third kappa shape index (κ3) is 2.97. The zero-order valence-electron chi connectivity index (χ0n) is 12.8. The number of H-pyrrole nitrogens is 1. The minimum absolute atomic E-state index is 0.272. The summed E-state index contributed by atoms with van der Waals surface area (Å²) in [5.74, 6) is 0.272. The number of hydrogen-bond donors (Lipinski definition) is 1. The maximum Gasteiger partial charge on any atom is 0.227 e. The molecule has 3 nitrogen and oxygen atoms in total. The number of carbonyl (C=O) groups is 1. The summed E-state index contributed by atoms with van der Waals surface area (Å²) in [4.78, 5) is 18.1. The van der Waals surface area contributed by atoms with Crippen LogP contribution in [0, 0.1) is 0 Å². The van der Waals surface area contributed by atoms with Crippen molar-refractivity contribution < 1.29 is 4.79 Å². The standard InChI is InChI=1S/C18H24N2O/c1-2-20(15-8-4-3-5-9-15)18(21)12-14-13-19-17-11-7-6-10-16(14)17/h6-7,10-11,13,15,19H,2-5,8-9,12H2,1H3. The number of fused-ring (bicyclic) bond motifs is 1. The van der Waals surface area contributed by atoms with E-state index in [1.807, 2.05) is 18.3 Å². The Kier molecular flexibility index (Phi) is 4.28. The lowest BCUT2D eigenvalue weighted by molar-refractivity contribution is -0.133. The van der Waals surface area contributed by atoms with Crippen LogP contribution in [0.25, 0.3) is 10.9 Å². The molecule has 1 fully saturated rings. The molecule has 0 saturated heterocycles. The number of para-hydroxylation sites is 1. The normalized spacial score (nSPS) is 16.2. The summed E-state index contributed by atoms with van der Waals surface area (Å²) in [6.45, 7) is 2.92. The Labute approximate surface area is 126 Å². The molecule has 112 valence electrons. The van der Waals surface area contributed by atoms with E-state index in [4.69, 9.17) is 0 Å². The fraction of sp³-hybridized carbons (Fsp3) is 0.500. The van der Waals surface area contributed by atoms with E-state index in [1.165, 1.54) is 37.5 Å². The average Bonchev–Trinajstić information content (AvgIpc) is 2.92. The molecule has 1 aliphatic carbocycles. The van der Waals surface area contributed by atoms with Gasteiger partial charge in [-0.3, -0.25) is 4.79 Å². The van der Waals surface area contributed by atoms with Gasteiger partial charge in [-0.25, -0.2) is 0 Å². The van der Waals surface area contributed by atoms with Gasteiger partial charge in [-0.1, -0.05) is 37.5 Å². The van der Waals surface area contributed by atoms with Gasteiger partial charge >= 0.3 is 0 Å². The zero-order valence-corrected chi connectivity index (χ0v) is 12.8. The number of nitrogens with one attached hydrogen (secondary N) is 1. The summed E-state index contributed by atoms with van der Waals surface area (Å²) in [7, 11) is 0. The van der Waals surface area contributed by atoms with Crippen molar-refractivity contribution in [2.24, 2.45) is 0 Å². The minimum Gasteiger partial charge on any atom is -0.361 e. The van der Waals surface area contributed by atoms with Crippen molar-refractivity contribution in [3.63, 3.8) is 0 Å². The van der Waals surface area contributed by atoms with Crippen molar-refractivity contribution in [1.29, 1.82) is 0 Å². The average molecular weight is 284 g/mol. The molecule has 1 amide bonds. The van der Waals surface area contributed by atoms with Crippen LogP contribution in [-0.2, 0) is 11.2 Å². The van der Waals surface area contributed by atoms with Crippen LogP contribution >= 0.6 is 0 Å². The van der Waals surface area contributed by atoms with Crippen molar-refractivity contribution >= 4 is 16.8 Å². The molecule has 1 aromatic heterocycles. The monoisotopic (exact) mass is 284 g/mol. The quantitative estimate of drug-likeness (QED) is 0.908. The lowest BCUT2D eigenvalue weighted by atomic mass is 9.93. The molecule has 0 radical (unpaired) electrons. The number of nitrogens with zero attached hydrogens (tertiary/aromatic N) is 1. The molecule has 1 heterocycles. The van der Waals surface area contributed by atoms with Gasteiger partial charge in [0.05, 0.1) is 6.42 Å². The molecule has 3 rings (SSSR count). The Morgan fingerprint density at radius 1 is 1.24 bits per heavy atom. The van der Waals surface area contributed by atoms with E-state index < -0.39 is 0 Å². The number of hydrogen-bond acceptors (Lipinski definition) is 1. The van der Waals surface area contributed by atoms with E-state index >= 15 is 0 Å². The van der Waals surface area contributed by atoms with Crippen LogP contribution in [0.15, 0.2) is 30.5 Å². The molecule has 1 aliphatic rings. The van der Waals surface area contributed by atoms with Gasteiger partial charge in [0.25, 0.3) is 0 Å². The fourth-order valence-electron chi connectivity index (χ4n) is 3.57. The summed E-state index contributed by atoms with van der Waals surface area (Å²) in [6, 6.07) is 8.66. The predicted molar refractivity (Wildman–Crippen MR) is 86.3 cm³/mol. The summed E-state index contributed by atoms with van der Waals surface area (Å²) in [6.07, 6.45) is 8.69. The lowest BCUT2D eigenvalue weighted by Gasteiger charge is -2.33. The molecule has 0 bridgehead atoms. The number of aromatic amines is 1. The number of rotatable bonds is 4. The van der Waals surface area contributed by atoms with Gasteiger partial charge < -0.3 is 9.88 Å². The molecule has 2 aromatic rings. The third-order valence-corrected chi connectivity index (χ3v) is 4.69. The van der Waals surface area contributed by atoms with Crippen LogP contribution in [0.5, 0.6) is 0 Å². The molecule has 1 saturated carbocycles. The third-order valence-electron chi connectivity index (χ3n) is 4.69. The van der Waals surface area contributed by atoms with Crippen LogP contribution in [0.1, 0.15) is 44.6 Å². The molecular formula is C18H24N2O. The van der Waals surface area contributed by atoms with Gasteiger partial charge in [-0.15, -0.1) is 0 Å². The lowest BCUT2D eigenvalue weighted by Crippen LogP contribution is -2.42. The second kappa shape index (κ2) is 6.33. The van der Waals surface area contributed by atoms with E-state index in [2.05, 4.69) is 28.9 Å². The number of aromatic nitrogens is 1. The highest BCUT2D eigenvalue weighted by Gasteiger charge is 2.24. The summed E-state index contributed by atoms with van der Waals surface area (Å²) >= 11 is 0. The number of carbonyl (C=O) groups excluding carboxylic acids is 1. The first-order valence-electron chi connectivity index (χ1n) is 8.14. The molecular weight excluding hydrogens is 260 g/mol. The van der Waals surface area contributed by atoms with Crippen LogP contribution in [0.3, 0.4) is 0 Å². The number of likely N-dealkylation sites (N-methyl/N-ethyl adjacent to an activating group) is 1. The molecule has 0 aliphatic heterocycles. The van der Waals surface area contributed by atoms with Gasteiger partial charge in [0, 0.05) is 29.7 Å². The van der Waals surface area contributed by atoms with Crippen molar-refractivity contribution in [3.8, 4) is 0 Å². The maximum atomic E-state index is 12.7. The molecule has 21 heavy (non-hydrogen) atoms. The van der Waals surface area contributed by atoms with E-state index in [-0.39, 0.29) is 5.91 Å². The largest absolute Gasteiger partial charge is 0.361 e. The predicted octanol–water partition coefficient (Wildman–Crippen LogP) is 3.89. The number of benzene rings is 1. The first-order valence-corrected chi connectivity index (χ1v) is 8.14. The van der Waals surface area contributed by atoms with Crippen LogP contribution in [0.4, 0.5) is 0 Å². The summed E-state index contributed by atoms with van der Waals surface area (Å²) < 4.78 is 0. The molecule has 0 spiro atoms. The first kappa shape index (κ1) is 14.2. The minimum atomic E-state index is 0.272. The Bertz CT molecular complexity index is 610. The summed E-state index contributed by atoms with van der Waals surface area (Å²) in [5.41, 5.74) is 2.23. The van der Waals surface area contributed by atoms with Crippen molar-refractivity contribution in [2.75, 3.05) is 6.54 Å². The highest BCUT2D eigenvalue weighted by Crippen LogP contribution is 2.24. The van der Waals surface area contributed by atoms with E-state index in [1.54, 1.807) is 0 Å². The second-order valence-corrected chi connectivity index (χ2v) is 6.01. The Morgan fingerprint density at radius 3 is 2.76 bits per heavy atom. The maximum absolute atomic E-state index is 12.7. The molecule has 0 unspecified atom stereocenters. The Balaban J connectivity index is 1.74. The van der Waals surface area contributed by atoms with Crippen LogP contribution < -0.4 is 0 Å². The molecule has 1 aromatic carbocycles. The highest BCUT2D eigenvalue weighted by atomic mass is 16.2. The zero-order chi connectivity index (χ0) is 14.7. The highest BCUT2D eigenvalue weighted by molar-refractivity contribution is 5.89. The molecule has 3 heteroatoms. The van der Waals surface area contributed by atoms with Crippen molar-refractivity contribution in [2.45, 2.75) is 51.5 Å². The Hall–Kier alpha value is -1.77. The van der Waals surface area contributed by atoms with E-state index in [0.29, 0.717) is 12.5 Å². The van der Waals surface area contributed by atoms with Crippen LogP contribution in [0.2, 0.25) is 0 Å². The van der Waals surface area contributed by atoms with E-state index in [9.17, 15) is 4.79 Å². The van der Waals surface area contributed by atoms with Crippen molar-refractivity contribution in [1.82, 2.24) is 9.88 Å². The SMILES string of the molecule is CCN(C(=O)Cc1c[nH]c2ccccc12)C1CCCCC1. The molecule has 0 atom stereocenters. The molecule has 1 N–H and O–H groups in total. The number of amides is 1. The van der Waals surface area contributed by atoms with Gasteiger partial charge in [-0.05, 0) is 31.4 Å². The summed E-state index contributed by atoms with van der Waals surface area (Å²) in [5, 5.41) is 1.17. The topological polar surface area (TPSA) is 36.1 Å². The Morgan fingerprint density at radius 2 is 2.00 bits per heavy atom. The fourth-order valence-corrected chi connectivity index (χ4v) is 3.57. The first-order chi connectivity index (χ1) is 10.3. The van der Waals surface area contributed by atoms with Gasteiger partial charge in [0.2, 0.25) is 5.91 Å². The van der Waals surface area contributed by atoms with E-state index in [0.717, 1.165) is 17.6 Å². The van der Waals surface area contributed by atoms with Crippen molar-refractivity contribution in [3.05, 3.63) is 36.0 Å². The smallest absolute Gasteiger partial charge is 0.227 e. The van der Waals surface area contributed by atoms with Gasteiger partial charge in [-0.2, -0.15) is 0 Å². The van der Waals surface area contributed by atoms with Crippen LogP contribution in [-0.4, -0.2) is 28.4 Å². The van der Waals surface area contributed by atoms with Gasteiger partial charge in [0.15, 0.2) is 0 Å². The van der Waals surface area contributed by atoms with Gasteiger partial charge in [0.1, 0.15) is 0 Å². The second-order valence-electron chi connectivity index (χ2n) is 6.01.